The van der Waals surface area contributed by atoms with E-state index in [0.29, 0.717) is 59.9 Å². The van der Waals surface area contributed by atoms with Crippen LogP contribution in [0.2, 0.25) is 0 Å². The minimum atomic E-state index is -1.22. The van der Waals surface area contributed by atoms with Crippen molar-refractivity contribution in [3.8, 4) is 11.5 Å². The molecule has 0 fully saturated rings. The van der Waals surface area contributed by atoms with Crippen LogP contribution in [0.25, 0.3) is 0 Å². The maximum absolute atomic E-state index is 14.0. The van der Waals surface area contributed by atoms with E-state index in [9.17, 15) is 63.3 Å². The van der Waals surface area contributed by atoms with E-state index in [1.54, 1.807) is 142 Å². The van der Waals surface area contributed by atoms with Gasteiger partial charge in [0, 0.05) is 32.4 Å². The number of aryl methyl sites for hydroxylation is 4. The summed E-state index contributed by atoms with van der Waals surface area (Å²) in [6, 6.07) is 36.6. The van der Waals surface area contributed by atoms with Gasteiger partial charge in [-0.2, -0.15) is 0 Å². The summed E-state index contributed by atoms with van der Waals surface area (Å²) in [5.74, 6) is -4.29. The van der Waals surface area contributed by atoms with Gasteiger partial charge in [-0.05, 0) is 194 Å². The first-order valence-corrected chi connectivity index (χ1v) is 34.6. The van der Waals surface area contributed by atoms with Gasteiger partial charge < -0.3 is 88.7 Å². The number of ether oxygens (including phenoxy) is 4. The van der Waals surface area contributed by atoms with Crippen LogP contribution < -0.4 is 54.4 Å². The summed E-state index contributed by atoms with van der Waals surface area (Å²) in [6.07, 6.45) is -0.135. The van der Waals surface area contributed by atoms with Crippen LogP contribution in [-0.2, 0) is 86.6 Å². The molecule has 6 aromatic carbocycles. The fraction of sp³-hybridized carbons (Fsp3) is 0.410. The number of nitrogens with two attached hydrogens (primary N) is 3. The number of rotatable bonds is 33. The number of carbonyl (C=O) groups is 10. The lowest BCUT2D eigenvalue weighted by Crippen LogP contribution is -2.57. The fourth-order valence-electron chi connectivity index (χ4n) is 10.6. The van der Waals surface area contributed by atoms with E-state index < -0.39 is 107 Å². The highest BCUT2D eigenvalue weighted by Crippen LogP contribution is 2.25. The van der Waals surface area contributed by atoms with Crippen LogP contribution in [0.1, 0.15) is 136 Å². The van der Waals surface area contributed by atoms with Crippen LogP contribution in [0, 0.1) is 27.7 Å². The molecule has 106 heavy (non-hydrogen) atoms. The van der Waals surface area contributed by atoms with Crippen LogP contribution in [0.3, 0.4) is 0 Å². The molecule has 28 heteroatoms. The van der Waals surface area contributed by atoms with Gasteiger partial charge in [0.2, 0.25) is 29.5 Å². The van der Waals surface area contributed by atoms with Crippen molar-refractivity contribution in [1.82, 2.24) is 37.2 Å². The molecule has 0 saturated heterocycles. The Morgan fingerprint density at radius 2 is 0.726 bits per heavy atom. The van der Waals surface area contributed by atoms with Gasteiger partial charge >= 0.3 is 30.3 Å². The molecule has 0 aliphatic rings. The number of nitrogens with one attached hydrogen (secondary N) is 7. The number of hydrogen-bond donors (Lipinski definition) is 13. The highest BCUT2D eigenvalue weighted by Gasteiger charge is 2.32. The van der Waals surface area contributed by atoms with Gasteiger partial charge in [-0.15, -0.1) is 12.4 Å². The molecule has 0 saturated carbocycles. The molecule has 6 rings (SSSR count). The normalized spacial score (nSPS) is 12.5. The van der Waals surface area contributed by atoms with Crippen LogP contribution in [0.5, 0.6) is 11.5 Å². The third-order valence-electron chi connectivity index (χ3n) is 15.9. The van der Waals surface area contributed by atoms with Crippen molar-refractivity contribution in [1.29, 1.82) is 0 Å². The molecule has 16 N–H and O–H groups in total. The number of alkyl carbamates (subject to hydrolysis) is 4. The van der Waals surface area contributed by atoms with Gasteiger partial charge in [-0.1, -0.05) is 121 Å². The number of unbranched alkanes of at least 4 members (excludes halogenated alkanes) is 2. The number of carboxylic acids is 1. The van der Waals surface area contributed by atoms with Crippen LogP contribution in [0.15, 0.2) is 146 Å². The average molecular weight is 1490 g/mol. The zero-order valence-corrected chi connectivity index (χ0v) is 62.7. The Hall–Kier alpha value is -10.9. The van der Waals surface area contributed by atoms with Gasteiger partial charge in [0.15, 0.2) is 0 Å². The molecule has 6 aromatic rings. The predicted octanol–water partition coefficient (Wildman–Crippen LogP) is 8.81. The topological polar surface area (TPSA) is 431 Å². The minimum Gasteiger partial charge on any atom is -0.508 e. The SMILES string of the molecule is Cc1cc(O)cc(C)c1C[C@@H](NC(=O)OCc1ccccc1)C(=O)N[C@@H](CCCCNC(=O)OC(C)(C)C)C(=O)N[C@@H](Cc1ccccc1)C(N)=O.Cc1cc(O)cc(C)c1C[C@@H](NC(=O)OCc1ccccc1)C(=O)N[C@@H](CCCCNC(=O)OC(C)(C)C)C(=O)O.Cl.NC(=O)[C@@H](N)Cc1ccccc1. The number of carboxylic acid groups (broad SMARTS) is 1. The van der Waals surface area contributed by atoms with E-state index in [1.165, 1.54) is 0 Å². The van der Waals surface area contributed by atoms with Gasteiger partial charge in [0.1, 0.15) is 66.1 Å². The number of amides is 9. The molecule has 0 radical (unpaired) electrons. The molecule has 0 aromatic heterocycles. The Kier molecular flexibility index (Phi) is 38.2. The Morgan fingerprint density at radius 3 is 1.07 bits per heavy atom. The molecule has 0 bridgehead atoms. The Bertz CT molecular complexity index is 3760. The number of hydrogen-bond acceptors (Lipinski definition) is 17. The van der Waals surface area contributed by atoms with E-state index in [2.05, 4.69) is 37.2 Å². The lowest BCUT2D eigenvalue weighted by atomic mass is 9.95. The molecule has 0 spiro atoms. The molecular weight excluding hydrogens is 1380 g/mol. The van der Waals surface area contributed by atoms with Crippen molar-refractivity contribution < 1.29 is 82.2 Å². The quantitative estimate of drug-likeness (QED) is 0.0135. The summed E-state index contributed by atoms with van der Waals surface area (Å²) >= 11 is 0. The first-order valence-electron chi connectivity index (χ1n) is 34.6. The number of aromatic hydroxyl groups is 2. The molecule has 9 amide bonds. The van der Waals surface area contributed by atoms with Crippen LogP contribution in [-0.4, -0.2) is 136 Å². The number of halogens is 1. The first-order chi connectivity index (χ1) is 49.6. The van der Waals surface area contributed by atoms with E-state index in [0.717, 1.165) is 27.8 Å². The van der Waals surface area contributed by atoms with Crippen molar-refractivity contribution in [2.45, 2.75) is 194 Å². The van der Waals surface area contributed by atoms with Gasteiger partial charge in [0.05, 0.1) is 6.04 Å². The highest BCUT2D eigenvalue weighted by molar-refractivity contribution is 5.94. The molecule has 0 aliphatic heterocycles. The molecule has 6 atom stereocenters. The first kappa shape index (κ1) is 89.3. The Labute approximate surface area is 626 Å². The Morgan fingerprint density at radius 1 is 0.406 bits per heavy atom. The maximum Gasteiger partial charge on any atom is 0.408 e. The standard InChI is InChI=1S/C39H51N5O8.C30H41N3O8.C9H12N2O.ClH/c1-25-20-29(45)21-26(2)30(25)23-33(44-38(50)51-24-28-16-10-7-11-17-28)36(48)42-31(18-12-13-19-41-37(49)52-39(3,4)5)35(47)43-32(34(40)46)22-27-14-8-6-9-15-27;1-19-15-22(34)16-20(2)23(19)17-25(33-29(39)40-18-21-11-7-6-8-12-21)26(35)32-24(27(36)37)13-9-10-14-31-28(38)41-30(3,4)5;10-8(9(11)12)6-7-4-2-1-3-5-7;/h6-11,14-17,20-21,31-33,45H,12-13,18-19,22-24H2,1-5H3,(H2,40,46)(H,41,49)(H,42,48)(H,43,47)(H,44,50);6-8,11-12,15-16,24-25,34H,9-10,13-14,17-18H2,1-5H3,(H,31,38)(H,32,35)(H,33,39)(H,36,37);1-5,8H,6,10H2,(H2,11,12);1H/t31-,32-,33+;24-,25+;8-;/m000./s1. The second-order valence-electron chi connectivity index (χ2n) is 27.2. The van der Waals surface area contributed by atoms with Gasteiger partial charge in [-0.25, -0.2) is 24.0 Å². The lowest BCUT2D eigenvalue weighted by molar-refractivity contribution is -0.142. The molecule has 0 heterocycles. The molecule has 576 valence electrons. The second kappa shape index (κ2) is 45.3. The van der Waals surface area contributed by atoms with Crippen molar-refractivity contribution in [3.05, 3.63) is 201 Å². The third kappa shape index (κ3) is 35.5. The largest absolute Gasteiger partial charge is 0.508 e. The number of phenolic OH excluding ortho intramolecular Hbond substituents is 2. The molecule has 0 aliphatic carbocycles. The van der Waals surface area contributed by atoms with Crippen molar-refractivity contribution in [3.63, 3.8) is 0 Å². The third-order valence-corrected chi connectivity index (χ3v) is 15.9. The number of phenols is 2. The molecular formula is C78H105ClN10O17. The smallest absolute Gasteiger partial charge is 0.408 e. The van der Waals surface area contributed by atoms with E-state index >= 15 is 0 Å². The van der Waals surface area contributed by atoms with E-state index in [1.807, 2.05) is 72.8 Å². The number of aliphatic carboxylic acids is 1. The number of benzene rings is 6. The van der Waals surface area contributed by atoms with Gasteiger partial charge in [-0.3, -0.25) is 24.0 Å². The average Bonchev–Trinajstić information content (AvgIpc) is 0.834. The zero-order valence-electron chi connectivity index (χ0n) is 61.9. The summed E-state index contributed by atoms with van der Waals surface area (Å²) < 4.78 is 21.1. The fourth-order valence-corrected chi connectivity index (χ4v) is 10.6. The van der Waals surface area contributed by atoms with Crippen molar-refractivity contribution >= 4 is 72.3 Å². The summed E-state index contributed by atoms with van der Waals surface area (Å²) in [6.45, 7) is 18.1. The summed E-state index contributed by atoms with van der Waals surface area (Å²) in [4.78, 5) is 126. The van der Waals surface area contributed by atoms with E-state index in [-0.39, 0.29) is 82.3 Å². The monoisotopic (exact) mass is 1490 g/mol. The number of carbonyl (C=O) groups excluding carboxylic acids is 9. The molecule has 0 unspecified atom stereocenters. The minimum absolute atomic E-state index is 0. The highest BCUT2D eigenvalue weighted by atomic mass is 35.5. The predicted molar refractivity (Wildman–Crippen MR) is 403 cm³/mol. The second-order valence-corrected chi connectivity index (χ2v) is 27.2. The zero-order chi connectivity index (χ0) is 77.8. The van der Waals surface area contributed by atoms with E-state index in [4.69, 9.17) is 36.1 Å². The van der Waals surface area contributed by atoms with Crippen LogP contribution in [0.4, 0.5) is 19.2 Å². The molecule has 27 nitrogen and oxygen atoms in total. The number of primary amides is 2. The van der Waals surface area contributed by atoms with Crippen molar-refractivity contribution in [2.24, 2.45) is 17.2 Å². The summed E-state index contributed by atoms with van der Waals surface area (Å²) in [5.41, 5.74) is 22.5. The van der Waals surface area contributed by atoms with Crippen molar-refractivity contribution in [2.75, 3.05) is 13.1 Å². The van der Waals surface area contributed by atoms with Crippen LogP contribution >= 0.6 is 12.4 Å². The summed E-state index contributed by atoms with van der Waals surface area (Å²) in [7, 11) is 0. The lowest BCUT2D eigenvalue weighted by Gasteiger charge is -2.25. The Balaban J connectivity index is 0.000000479. The summed E-state index contributed by atoms with van der Waals surface area (Å²) in [5, 5.41) is 48.2. The maximum atomic E-state index is 14.0. The van der Waals surface area contributed by atoms with Gasteiger partial charge in [0.25, 0.3) is 0 Å².